The maximum atomic E-state index is 14.5. The summed E-state index contributed by atoms with van der Waals surface area (Å²) >= 11 is 3.21. The topological polar surface area (TPSA) is 84.3 Å². The number of hydrogen-bond donors (Lipinski definition) is 1. The maximum absolute atomic E-state index is 14.5. The third-order valence-electron chi connectivity index (χ3n) is 4.50. The molecular formula is C20H20BrFN4O3S. The Morgan fingerprint density at radius 2 is 1.97 bits per heavy atom. The number of rotatable bonds is 6. The van der Waals surface area contributed by atoms with Gasteiger partial charge in [-0.05, 0) is 58.7 Å². The summed E-state index contributed by atoms with van der Waals surface area (Å²) in [5.41, 5.74) is 1.12. The Kier molecular flexibility index (Phi) is 6.39. The molecule has 1 aromatic heterocycles. The van der Waals surface area contributed by atoms with Gasteiger partial charge in [0.1, 0.15) is 11.6 Å². The molecule has 0 unspecified atom stereocenters. The molecule has 0 saturated heterocycles. The van der Waals surface area contributed by atoms with E-state index < -0.39 is 21.7 Å². The number of amides is 1. The summed E-state index contributed by atoms with van der Waals surface area (Å²) in [6.45, 7) is 1.86. The number of imidazole rings is 1. The third-order valence-corrected chi connectivity index (χ3v) is 7.31. The van der Waals surface area contributed by atoms with Crippen LogP contribution in [0.4, 0.5) is 4.39 Å². The van der Waals surface area contributed by atoms with Crippen LogP contribution in [0.2, 0.25) is 0 Å². The number of aryl methyl sites for hydroxylation is 1. The first-order valence-corrected chi connectivity index (χ1v) is 11.1. The SMILES string of the molecule is Cc1nccn1-c1ccc(CNC(=O)c2ccc(Br)c(S(=O)(=O)N(C)C)c2)cc1F. The molecule has 10 heteroatoms. The van der Waals surface area contributed by atoms with Crippen LogP contribution in [0.15, 0.2) is 58.2 Å². The van der Waals surface area contributed by atoms with Crippen LogP contribution < -0.4 is 5.32 Å². The molecule has 3 aromatic rings. The molecule has 0 atom stereocenters. The molecule has 0 radical (unpaired) electrons. The van der Waals surface area contributed by atoms with Gasteiger partial charge in [0, 0.05) is 43.1 Å². The second-order valence-electron chi connectivity index (χ2n) is 6.75. The average molecular weight is 495 g/mol. The number of nitrogens with one attached hydrogen (secondary N) is 1. The van der Waals surface area contributed by atoms with Crippen molar-refractivity contribution in [2.75, 3.05) is 14.1 Å². The minimum absolute atomic E-state index is 0.00810. The lowest BCUT2D eigenvalue weighted by Crippen LogP contribution is -2.25. The van der Waals surface area contributed by atoms with Gasteiger partial charge in [-0.1, -0.05) is 6.07 Å². The Hall–Kier alpha value is -2.56. The van der Waals surface area contributed by atoms with Crippen LogP contribution in [-0.4, -0.2) is 42.3 Å². The number of aromatic nitrogens is 2. The molecule has 0 aliphatic heterocycles. The van der Waals surface area contributed by atoms with Crippen LogP contribution >= 0.6 is 15.9 Å². The molecule has 0 saturated carbocycles. The lowest BCUT2D eigenvalue weighted by atomic mass is 10.1. The molecule has 1 amide bonds. The number of carbonyl (C=O) groups is 1. The number of carbonyl (C=O) groups excluding carboxylic acids is 1. The molecule has 7 nitrogen and oxygen atoms in total. The lowest BCUT2D eigenvalue weighted by Gasteiger charge is -2.14. The molecule has 30 heavy (non-hydrogen) atoms. The molecule has 0 aliphatic carbocycles. The molecular weight excluding hydrogens is 475 g/mol. The van der Waals surface area contributed by atoms with E-state index in [1.165, 1.54) is 38.4 Å². The highest BCUT2D eigenvalue weighted by Crippen LogP contribution is 2.25. The normalized spacial score (nSPS) is 11.7. The summed E-state index contributed by atoms with van der Waals surface area (Å²) < 4.78 is 42.4. The van der Waals surface area contributed by atoms with Gasteiger partial charge in [0.25, 0.3) is 5.91 Å². The van der Waals surface area contributed by atoms with Crippen molar-refractivity contribution in [1.82, 2.24) is 19.2 Å². The van der Waals surface area contributed by atoms with Crippen molar-refractivity contribution in [3.05, 3.63) is 76.0 Å². The minimum atomic E-state index is -3.72. The van der Waals surface area contributed by atoms with Gasteiger partial charge in [0.15, 0.2) is 0 Å². The Morgan fingerprint density at radius 3 is 2.57 bits per heavy atom. The maximum Gasteiger partial charge on any atom is 0.251 e. The van der Waals surface area contributed by atoms with Gasteiger partial charge in [-0.3, -0.25) is 4.79 Å². The van der Waals surface area contributed by atoms with Gasteiger partial charge in [-0.2, -0.15) is 0 Å². The first-order valence-electron chi connectivity index (χ1n) is 8.90. The number of halogens is 2. The smallest absolute Gasteiger partial charge is 0.251 e. The quantitative estimate of drug-likeness (QED) is 0.569. The summed E-state index contributed by atoms with van der Waals surface area (Å²) in [6.07, 6.45) is 3.26. The van der Waals surface area contributed by atoms with E-state index in [1.54, 1.807) is 36.0 Å². The fraction of sp³-hybridized carbons (Fsp3) is 0.200. The molecule has 0 spiro atoms. The van der Waals surface area contributed by atoms with E-state index >= 15 is 0 Å². The van der Waals surface area contributed by atoms with Crippen molar-refractivity contribution in [2.45, 2.75) is 18.4 Å². The summed E-state index contributed by atoms with van der Waals surface area (Å²) in [5.74, 6) is -0.243. The van der Waals surface area contributed by atoms with E-state index in [1.807, 2.05) is 0 Å². The van der Waals surface area contributed by atoms with Crippen LogP contribution in [0.25, 0.3) is 5.69 Å². The van der Waals surface area contributed by atoms with E-state index in [4.69, 9.17) is 0 Å². The monoisotopic (exact) mass is 494 g/mol. The van der Waals surface area contributed by atoms with Gasteiger partial charge < -0.3 is 9.88 Å². The Morgan fingerprint density at radius 1 is 1.23 bits per heavy atom. The lowest BCUT2D eigenvalue weighted by molar-refractivity contribution is 0.0950. The van der Waals surface area contributed by atoms with Gasteiger partial charge in [0.05, 0.1) is 10.6 Å². The van der Waals surface area contributed by atoms with Crippen molar-refractivity contribution >= 4 is 31.9 Å². The first-order chi connectivity index (χ1) is 14.1. The zero-order chi connectivity index (χ0) is 22.1. The zero-order valence-corrected chi connectivity index (χ0v) is 19.0. The zero-order valence-electron chi connectivity index (χ0n) is 16.6. The summed E-state index contributed by atoms with van der Waals surface area (Å²) in [4.78, 5) is 16.6. The third kappa shape index (κ3) is 4.45. The van der Waals surface area contributed by atoms with Crippen molar-refractivity contribution < 1.29 is 17.6 Å². The Balaban J connectivity index is 1.76. The molecule has 0 fully saturated rings. The highest BCUT2D eigenvalue weighted by Gasteiger charge is 2.22. The highest BCUT2D eigenvalue weighted by atomic mass is 79.9. The second kappa shape index (κ2) is 8.66. The van der Waals surface area contributed by atoms with Crippen molar-refractivity contribution in [1.29, 1.82) is 0 Å². The predicted molar refractivity (Wildman–Crippen MR) is 114 cm³/mol. The summed E-state index contributed by atoms with van der Waals surface area (Å²) in [7, 11) is -0.887. The van der Waals surface area contributed by atoms with Gasteiger partial charge in [-0.25, -0.2) is 22.1 Å². The number of benzene rings is 2. The van der Waals surface area contributed by atoms with Crippen molar-refractivity contribution in [2.24, 2.45) is 0 Å². The molecule has 2 aromatic carbocycles. The molecule has 0 bridgehead atoms. The van der Waals surface area contributed by atoms with E-state index in [9.17, 15) is 17.6 Å². The van der Waals surface area contributed by atoms with Crippen LogP contribution in [0, 0.1) is 12.7 Å². The largest absolute Gasteiger partial charge is 0.348 e. The molecule has 1 heterocycles. The number of hydrogen-bond acceptors (Lipinski definition) is 4. The summed E-state index contributed by atoms with van der Waals surface area (Å²) in [5, 5.41) is 2.69. The van der Waals surface area contributed by atoms with E-state index in [0.717, 1.165) is 4.31 Å². The Bertz CT molecular complexity index is 1210. The van der Waals surface area contributed by atoms with Gasteiger partial charge in [-0.15, -0.1) is 0 Å². The van der Waals surface area contributed by atoms with E-state index in [0.29, 0.717) is 21.5 Å². The van der Waals surface area contributed by atoms with Gasteiger partial charge >= 0.3 is 0 Å². The fourth-order valence-electron chi connectivity index (χ4n) is 2.81. The number of nitrogens with zero attached hydrogens (tertiary/aromatic N) is 3. The van der Waals surface area contributed by atoms with Crippen LogP contribution in [-0.2, 0) is 16.6 Å². The molecule has 0 aliphatic rings. The average Bonchev–Trinajstić information content (AvgIpc) is 3.12. The molecule has 158 valence electrons. The standard InChI is InChI=1S/C20H20BrFN4O3S/c1-13-23-8-9-26(13)18-7-4-14(10-17(18)22)12-24-20(27)15-5-6-16(21)19(11-15)30(28,29)25(2)3/h4-11H,12H2,1-3H3,(H,24,27). The fourth-order valence-corrected chi connectivity index (χ4v) is 4.66. The van der Waals surface area contributed by atoms with Crippen LogP contribution in [0.3, 0.4) is 0 Å². The summed E-state index contributed by atoms with van der Waals surface area (Å²) in [6, 6.07) is 9.00. The van der Waals surface area contributed by atoms with E-state index in [2.05, 4.69) is 26.2 Å². The van der Waals surface area contributed by atoms with Crippen molar-refractivity contribution in [3.63, 3.8) is 0 Å². The second-order valence-corrected chi connectivity index (χ2v) is 9.72. The van der Waals surface area contributed by atoms with E-state index in [-0.39, 0.29) is 17.0 Å². The highest BCUT2D eigenvalue weighted by molar-refractivity contribution is 9.10. The number of sulfonamides is 1. The Labute approximate surface area is 182 Å². The van der Waals surface area contributed by atoms with Crippen LogP contribution in [0.5, 0.6) is 0 Å². The minimum Gasteiger partial charge on any atom is -0.348 e. The first kappa shape index (κ1) is 22.1. The van der Waals surface area contributed by atoms with Crippen LogP contribution in [0.1, 0.15) is 21.7 Å². The van der Waals surface area contributed by atoms with Crippen molar-refractivity contribution in [3.8, 4) is 5.69 Å². The molecule has 3 rings (SSSR count). The molecule has 1 N–H and O–H groups in total. The van der Waals surface area contributed by atoms with Gasteiger partial charge in [0.2, 0.25) is 10.0 Å². The predicted octanol–water partition coefficient (Wildman–Crippen LogP) is 3.26.